The quantitative estimate of drug-likeness (QED) is 0.130. The maximum Gasteiger partial charge on any atom is 0.252 e. The summed E-state index contributed by atoms with van der Waals surface area (Å²) in [6, 6.07) is 80.8. The van der Waals surface area contributed by atoms with Crippen molar-refractivity contribution in [3.8, 4) is 89.8 Å². The molecule has 68 heavy (non-hydrogen) atoms. The molecule has 0 bridgehead atoms. The van der Waals surface area contributed by atoms with Crippen LogP contribution in [0.25, 0.3) is 99.1 Å². The molecule has 4 aliphatic heterocycles. The van der Waals surface area contributed by atoms with Crippen LogP contribution in [-0.2, 0) is 0 Å². The Morgan fingerprint density at radius 3 is 1.06 bits per heavy atom. The molecule has 0 amide bonds. The second-order valence-corrected chi connectivity index (χ2v) is 18.9. The highest BCUT2D eigenvalue weighted by Gasteiger charge is 2.44. The average molecular weight is 859 g/mol. The van der Waals surface area contributed by atoms with E-state index in [2.05, 4.69) is 218 Å². The van der Waals surface area contributed by atoms with Crippen LogP contribution in [0.1, 0.15) is 0 Å². The summed E-state index contributed by atoms with van der Waals surface area (Å²) in [5.41, 5.74) is 22.3. The topological polar surface area (TPSA) is 18.5 Å². The van der Waals surface area contributed by atoms with E-state index in [0.29, 0.717) is 0 Å². The highest BCUT2D eigenvalue weighted by Crippen LogP contribution is 2.52. The second-order valence-electron chi connectivity index (χ2n) is 18.9. The minimum absolute atomic E-state index is 0.0253. The number of hydrogen-bond donors (Lipinski definition) is 0. The zero-order valence-corrected chi connectivity index (χ0v) is 36.8. The summed E-state index contributed by atoms with van der Waals surface area (Å²) in [7, 11) is 0. The normalized spacial score (nSPS) is 13.2. The van der Waals surface area contributed by atoms with Crippen LogP contribution in [-0.4, -0.2) is 13.4 Å². The van der Waals surface area contributed by atoms with Crippen LogP contribution < -0.4 is 42.3 Å². The van der Waals surface area contributed by atoms with Crippen molar-refractivity contribution in [2.45, 2.75) is 0 Å². The zero-order chi connectivity index (χ0) is 44.2. The number of hydrogen-bond acceptors (Lipinski definition) is 2. The van der Waals surface area contributed by atoms with E-state index in [-0.39, 0.29) is 13.4 Å². The first-order valence-corrected chi connectivity index (χ1v) is 23.7. The Hall–Kier alpha value is -8.59. The standard InChI is InChI=1S/C64H36B2O2/c1-3-17-37(18-4-1)39-21-7-9-23-41(39)45-33-47-43-25-15-31-57-63(43)66(52-28-12-14-30-56(52)67-57)54-36-50-46(42-24-10-8-22-40(42)38-19-5-2-6-20-38)34-48-44-26-16-32-58-64(44)65(51-27-11-13-29-55(51)68-58)53-35-49(45)61(59(47)54)62(50)60(48)53/h1-36H. The van der Waals surface area contributed by atoms with Gasteiger partial charge in [0.15, 0.2) is 0 Å². The van der Waals surface area contributed by atoms with Crippen molar-refractivity contribution in [1.29, 1.82) is 0 Å². The van der Waals surface area contributed by atoms with Crippen LogP contribution in [0.5, 0.6) is 23.0 Å². The molecular formula is C64H36B2O2. The molecule has 0 atom stereocenters. The second kappa shape index (κ2) is 13.5. The highest BCUT2D eigenvalue weighted by molar-refractivity contribution is 7.01. The van der Waals surface area contributed by atoms with E-state index in [1.807, 2.05) is 0 Å². The van der Waals surface area contributed by atoms with Crippen LogP contribution in [0.3, 0.4) is 0 Å². The Morgan fingerprint density at radius 2 is 0.603 bits per heavy atom. The zero-order valence-electron chi connectivity index (χ0n) is 36.8. The Labute approximate surface area is 394 Å². The lowest BCUT2D eigenvalue weighted by molar-refractivity contribution is 0.487. The molecule has 0 aromatic heterocycles. The van der Waals surface area contributed by atoms with Crippen LogP contribution in [0, 0.1) is 0 Å². The van der Waals surface area contributed by atoms with E-state index < -0.39 is 0 Å². The van der Waals surface area contributed by atoms with Gasteiger partial charge in [0.1, 0.15) is 23.0 Å². The van der Waals surface area contributed by atoms with Crippen LogP contribution in [0.4, 0.5) is 0 Å². The molecule has 0 saturated carbocycles. The van der Waals surface area contributed by atoms with Gasteiger partial charge in [-0.25, -0.2) is 0 Å². The molecule has 310 valence electrons. The number of fused-ring (bicyclic) bond motifs is 8. The maximum absolute atomic E-state index is 6.86. The van der Waals surface area contributed by atoms with Gasteiger partial charge < -0.3 is 9.47 Å². The summed E-state index contributed by atoms with van der Waals surface area (Å²) >= 11 is 0. The third-order valence-electron chi connectivity index (χ3n) is 15.6. The molecule has 0 spiro atoms. The first-order chi connectivity index (χ1) is 33.8. The van der Waals surface area contributed by atoms with Gasteiger partial charge >= 0.3 is 0 Å². The molecule has 0 N–H and O–H groups in total. The van der Waals surface area contributed by atoms with Crippen molar-refractivity contribution < 1.29 is 9.47 Å². The summed E-state index contributed by atoms with van der Waals surface area (Å²) in [6.45, 7) is -0.0507. The van der Waals surface area contributed by atoms with E-state index in [1.54, 1.807) is 0 Å². The van der Waals surface area contributed by atoms with Gasteiger partial charge in [-0.3, -0.25) is 0 Å². The van der Waals surface area contributed by atoms with Gasteiger partial charge in [0.05, 0.1) is 0 Å². The number of rotatable bonds is 4. The fourth-order valence-corrected chi connectivity index (χ4v) is 12.9. The van der Waals surface area contributed by atoms with E-state index >= 15 is 0 Å². The lowest BCUT2D eigenvalue weighted by Crippen LogP contribution is -2.58. The van der Waals surface area contributed by atoms with Crippen molar-refractivity contribution in [2.24, 2.45) is 0 Å². The monoisotopic (exact) mass is 858 g/mol. The van der Waals surface area contributed by atoms with Gasteiger partial charge in [0, 0.05) is 0 Å². The molecule has 12 aromatic carbocycles. The van der Waals surface area contributed by atoms with Crippen molar-refractivity contribution in [3.63, 3.8) is 0 Å². The molecular weight excluding hydrogens is 822 g/mol. The smallest absolute Gasteiger partial charge is 0.252 e. The van der Waals surface area contributed by atoms with Gasteiger partial charge in [-0.2, -0.15) is 0 Å². The molecule has 4 aliphatic rings. The fraction of sp³-hybridized carbons (Fsp3) is 0. The van der Waals surface area contributed by atoms with Crippen molar-refractivity contribution in [3.05, 3.63) is 218 Å². The van der Waals surface area contributed by atoms with Crippen molar-refractivity contribution in [1.82, 2.24) is 0 Å². The van der Waals surface area contributed by atoms with Crippen LogP contribution in [0.2, 0.25) is 0 Å². The van der Waals surface area contributed by atoms with E-state index in [0.717, 1.165) is 23.0 Å². The Kier molecular flexibility index (Phi) is 7.27. The first kappa shape index (κ1) is 36.6. The molecule has 0 fully saturated rings. The summed E-state index contributed by atoms with van der Waals surface area (Å²) < 4.78 is 13.7. The Morgan fingerprint density at radius 1 is 0.235 bits per heavy atom. The van der Waals surface area contributed by atoms with Crippen molar-refractivity contribution in [2.75, 3.05) is 0 Å². The fourth-order valence-electron chi connectivity index (χ4n) is 12.9. The maximum atomic E-state index is 6.86. The average Bonchev–Trinajstić information content (AvgIpc) is 3.40. The number of ether oxygens (including phenoxy) is 2. The van der Waals surface area contributed by atoms with Gasteiger partial charge in [-0.05, 0) is 157 Å². The largest absolute Gasteiger partial charge is 0.458 e. The Balaban J connectivity index is 1.16. The van der Waals surface area contributed by atoms with Gasteiger partial charge in [0.25, 0.3) is 13.4 Å². The van der Waals surface area contributed by atoms with Crippen LogP contribution >= 0.6 is 0 Å². The predicted octanol–water partition coefficient (Wildman–Crippen LogP) is 12.5. The predicted molar refractivity (Wildman–Crippen MR) is 285 cm³/mol. The summed E-state index contributed by atoms with van der Waals surface area (Å²) in [5.74, 6) is 3.71. The van der Waals surface area contributed by atoms with E-state index in [4.69, 9.17) is 9.47 Å². The summed E-state index contributed by atoms with van der Waals surface area (Å²) in [5, 5.41) is 7.85. The summed E-state index contributed by atoms with van der Waals surface area (Å²) in [6.07, 6.45) is 0. The third-order valence-corrected chi connectivity index (χ3v) is 15.6. The molecule has 12 aromatic rings. The van der Waals surface area contributed by atoms with Crippen LogP contribution in [0.15, 0.2) is 218 Å². The van der Waals surface area contributed by atoms with Crippen molar-refractivity contribution >= 4 is 78.5 Å². The lowest BCUT2D eigenvalue weighted by atomic mass is 9.32. The molecule has 0 unspecified atom stereocenters. The molecule has 4 heteroatoms. The number of para-hydroxylation sites is 2. The van der Waals surface area contributed by atoms with E-state index in [9.17, 15) is 0 Å². The highest BCUT2D eigenvalue weighted by atomic mass is 16.5. The molecule has 0 radical (unpaired) electrons. The molecule has 0 aliphatic carbocycles. The van der Waals surface area contributed by atoms with E-state index in [1.165, 1.54) is 132 Å². The van der Waals surface area contributed by atoms with Gasteiger partial charge in [-0.15, -0.1) is 0 Å². The molecule has 2 nitrogen and oxygen atoms in total. The lowest BCUT2D eigenvalue weighted by Gasteiger charge is -2.37. The molecule has 16 rings (SSSR count). The third kappa shape index (κ3) is 4.78. The van der Waals surface area contributed by atoms with Gasteiger partial charge in [-0.1, -0.05) is 193 Å². The Bertz CT molecular complexity index is 3890. The molecule has 4 heterocycles. The minimum atomic E-state index is -0.0253. The number of benzene rings is 12. The SMILES string of the molecule is c1ccc(-c2ccccc2-c2cc3c4c(cc5c(-c6ccccc6-c6ccccc6)cc6c7c(cc2c4c57)B2c4ccccc4Oc4cccc-6c42)B2c4ccccc4Oc4cccc-3c42)cc1. The first-order valence-electron chi connectivity index (χ1n) is 23.7. The molecule has 0 saturated heterocycles. The summed E-state index contributed by atoms with van der Waals surface area (Å²) in [4.78, 5) is 0. The minimum Gasteiger partial charge on any atom is -0.458 e. The van der Waals surface area contributed by atoms with Gasteiger partial charge in [0.2, 0.25) is 0 Å².